The highest BCUT2D eigenvalue weighted by Gasteiger charge is 2.12. The maximum Gasteiger partial charge on any atom is 0.185 e. The molecule has 0 unspecified atom stereocenters. The Hall–Kier alpha value is -2.95. The van der Waals surface area contributed by atoms with Crippen LogP contribution < -0.4 is 9.47 Å². The number of ketones is 1. The first kappa shape index (κ1) is 20.8. The molecule has 0 heterocycles. The second-order valence-corrected chi connectivity index (χ2v) is 7.04. The van der Waals surface area contributed by atoms with E-state index in [4.69, 9.17) is 32.7 Å². The van der Waals surface area contributed by atoms with Gasteiger partial charge < -0.3 is 14.6 Å². The number of phenolic OH excluding ortho intramolecular Hbond substituents is 1. The molecule has 4 nitrogen and oxygen atoms in total. The number of rotatable bonds is 7. The van der Waals surface area contributed by atoms with Crippen molar-refractivity contribution in [2.45, 2.75) is 6.61 Å². The van der Waals surface area contributed by atoms with Gasteiger partial charge in [-0.1, -0.05) is 53.5 Å². The summed E-state index contributed by atoms with van der Waals surface area (Å²) in [5.74, 6) is 0.655. The molecule has 0 radical (unpaired) electrons. The molecule has 0 saturated carbocycles. The maximum absolute atomic E-state index is 12.3. The van der Waals surface area contributed by atoms with Crippen LogP contribution in [-0.4, -0.2) is 18.0 Å². The lowest BCUT2D eigenvalue weighted by Crippen LogP contribution is -1.99. The molecule has 0 amide bonds. The van der Waals surface area contributed by atoms with Crippen molar-refractivity contribution in [1.29, 1.82) is 0 Å². The fourth-order valence-electron chi connectivity index (χ4n) is 2.69. The topological polar surface area (TPSA) is 55.8 Å². The maximum atomic E-state index is 12.3. The first-order valence-electron chi connectivity index (χ1n) is 8.72. The molecular formula is C23H18Cl2O4. The third kappa shape index (κ3) is 5.53. The van der Waals surface area contributed by atoms with Crippen LogP contribution in [0.5, 0.6) is 17.2 Å². The van der Waals surface area contributed by atoms with Gasteiger partial charge in [0.15, 0.2) is 17.3 Å². The summed E-state index contributed by atoms with van der Waals surface area (Å²) in [5, 5.41) is 10.5. The normalized spacial score (nSPS) is 10.9. The number of allylic oxidation sites excluding steroid dienone is 1. The molecule has 0 aliphatic carbocycles. The van der Waals surface area contributed by atoms with Gasteiger partial charge in [0.2, 0.25) is 0 Å². The summed E-state index contributed by atoms with van der Waals surface area (Å²) in [7, 11) is 1.52. The number of phenols is 1. The highest BCUT2D eigenvalue weighted by atomic mass is 35.5. The average molecular weight is 429 g/mol. The van der Waals surface area contributed by atoms with E-state index < -0.39 is 0 Å². The second-order valence-electron chi connectivity index (χ2n) is 6.20. The van der Waals surface area contributed by atoms with Crippen molar-refractivity contribution in [3.63, 3.8) is 0 Å². The van der Waals surface area contributed by atoms with E-state index in [2.05, 4.69) is 0 Å². The Morgan fingerprint density at radius 3 is 2.59 bits per heavy atom. The van der Waals surface area contributed by atoms with Crippen LogP contribution in [0.25, 0.3) is 6.08 Å². The van der Waals surface area contributed by atoms with Gasteiger partial charge in [0.1, 0.15) is 12.4 Å². The quantitative estimate of drug-likeness (QED) is 0.360. The molecule has 0 aliphatic rings. The number of hydrogen-bond acceptors (Lipinski definition) is 4. The van der Waals surface area contributed by atoms with E-state index in [9.17, 15) is 9.90 Å². The summed E-state index contributed by atoms with van der Waals surface area (Å²) < 4.78 is 11.2. The number of hydrogen-bond donors (Lipinski definition) is 1. The molecule has 0 spiro atoms. The highest BCUT2D eigenvalue weighted by molar-refractivity contribution is 6.32. The fraction of sp³-hybridized carbons (Fsp3) is 0.0870. The Kier molecular flexibility index (Phi) is 6.81. The lowest BCUT2D eigenvalue weighted by atomic mass is 10.1. The molecular weight excluding hydrogens is 411 g/mol. The second kappa shape index (κ2) is 9.50. The Bertz CT molecular complexity index is 1060. The Morgan fingerprint density at radius 2 is 1.86 bits per heavy atom. The predicted octanol–water partition coefficient (Wildman–Crippen LogP) is 6.18. The molecule has 3 aromatic rings. The van der Waals surface area contributed by atoms with Gasteiger partial charge in [-0.15, -0.1) is 0 Å². The van der Waals surface area contributed by atoms with Crippen LogP contribution >= 0.6 is 23.2 Å². The number of carbonyl (C=O) groups excluding carboxylic acids is 1. The monoisotopic (exact) mass is 428 g/mol. The summed E-state index contributed by atoms with van der Waals surface area (Å²) in [6.45, 7) is 0.280. The minimum atomic E-state index is -0.239. The van der Waals surface area contributed by atoms with Crippen molar-refractivity contribution in [2.24, 2.45) is 0 Å². The summed E-state index contributed by atoms with van der Waals surface area (Å²) in [6.07, 6.45) is 3.04. The van der Waals surface area contributed by atoms with E-state index >= 15 is 0 Å². The lowest BCUT2D eigenvalue weighted by molar-refractivity contribution is 0.104. The molecule has 148 valence electrons. The van der Waals surface area contributed by atoms with Crippen LogP contribution in [0, 0.1) is 0 Å². The molecule has 3 aromatic carbocycles. The molecule has 0 atom stereocenters. The minimum Gasteiger partial charge on any atom is -0.508 e. The van der Waals surface area contributed by atoms with Gasteiger partial charge in [0.25, 0.3) is 0 Å². The molecule has 29 heavy (non-hydrogen) atoms. The van der Waals surface area contributed by atoms with Gasteiger partial charge in [-0.3, -0.25) is 4.79 Å². The van der Waals surface area contributed by atoms with Gasteiger partial charge >= 0.3 is 0 Å². The zero-order valence-corrected chi connectivity index (χ0v) is 17.1. The van der Waals surface area contributed by atoms with Crippen LogP contribution in [0.15, 0.2) is 66.7 Å². The standard InChI is InChI=1S/C23H18Cl2O4/c1-28-22-12-15(8-9-21(27)17-5-3-7-19(26)13-17)11-20(25)23(22)29-14-16-4-2-6-18(24)10-16/h2-13,26H,14H2,1H3/b9-8+. The summed E-state index contributed by atoms with van der Waals surface area (Å²) in [5.41, 5.74) is 1.97. The van der Waals surface area contributed by atoms with Crippen LogP contribution in [0.1, 0.15) is 21.5 Å². The van der Waals surface area contributed by atoms with Crippen molar-refractivity contribution >= 4 is 35.1 Å². The molecule has 0 bridgehead atoms. The van der Waals surface area contributed by atoms with Crippen molar-refractivity contribution < 1.29 is 19.4 Å². The third-order valence-electron chi connectivity index (χ3n) is 4.08. The van der Waals surface area contributed by atoms with E-state index in [-0.39, 0.29) is 18.1 Å². The summed E-state index contributed by atoms with van der Waals surface area (Å²) >= 11 is 12.4. The van der Waals surface area contributed by atoms with Crippen LogP contribution in [0.3, 0.4) is 0 Å². The fourth-order valence-corrected chi connectivity index (χ4v) is 3.17. The van der Waals surface area contributed by atoms with Crippen LogP contribution in [0.2, 0.25) is 10.0 Å². The number of carbonyl (C=O) groups is 1. The molecule has 0 fully saturated rings. The highest BCUT2D eigenvalue weighted by Crippen LogP contribution is 2.37. The Labute approximate surface area is 178 Å². The van der Waals surface area contributed by atoms with Crippen LogP contribution in [0.4, 0.5) is 0 Å². The van der Waals surface area contributed by atoms with Gasteiger partial charge in [-0.05, 0) is 53.6 Å². The zero-order chi connectivity index (χ0) is 20.8. The zero-order valence-electron chi connectivity index (χ0n) is 15.6. The Morgan fingerprint density at radius 1 is 1.07 bits per heavy atom. The van der Waals surface area contributed by atoms with Crippen molar-refractivity contribution in [3.8, 4) is 17.2 Å². The smallest absolute Gasteiger partial charge is 0.185 e. The van der Waals surface area contributed by atoms with E-state index in [1.807, 2.05) is 18.2 Å². The van der Waals surface area contributed by atoms with Crippen molar-refractivity contribution in [3.05, 3.63) is 93.5 Å². The van der Waals surface area contributed by atoms with Crippen LogP contribution in [-0.2, 0) is 6.61 Å². The summed E-state index contributed by atoms with van der Waals surface area (Å²) in [4.78, 5) is 12.3. The molecule has 1 N–H and O–H groups in total. The van der Waals surface area contributed by atoms with E-state index in [0.29, 0.717) is 32.7 Å². The van der Waals surface area contributed by atoms with E-state index in [1.165, 1.54) is 25.3 Å². The lowest BCUT2D eigenvalue weighted by Gasteiger charge is -2.13. The van der Waals surface area contributed by atoms with Crippen molar-refractivity contribution in [2.75, 3.05) is 7.11 Å². The molecule has 6 heteroatoms. The van der Waals surface area contributed by atoms with Gasteiger partial charge in [-0.2, -0.15) is 0 Å². The van der Waals surface area contributed by atoms with Gasteiger partial charge in [-0.25, -0.2) is 0 Å². The third-order valence-corrected chi connectivity index (χ3v) is 4.60. The summed E-state index contributed by atoms with van der Waals surface area (Å²) in [6, 6.07) is 16.9. The molecule has 0 aromatic heterocycles. The van der Waals surface area contributed by atoms with Gasteiger partial charge in [0.05, 0.1) is 12.1 Å². The number of methoxy groups -OCH3 is 1. The van der Waals surface area contributed by atoms with Gasteiger partial charge in [0, 0.05) is 10.6 Å². The molecule has 0 saturated heterocycles. The average Bonchev–Trinajstić information content (AvgIpc) is 2.70. The van der Waals surface area contributed by atoms with Crippen molar-refractivity contribution in [1.82, 2.24) is 0 Å². The first-order chi connectivity index (χ1) is 14.0. The number of ether oxygens (including phenoxy) is 2. The number of halogens is 2. The largest absolute Gasteiger partial charge is 0.508 e. The molecule has 3 rings (SSSR count). The minimum absolute atomic E-state index is 0.0372. The predicted molar refractivity (Wildman–Crippen MR) is 115 cm³/mol. The van der Waals surface area contributed by atoms with E-state index in [0.717, 1.165) is 5.56 Å². The number of benzene rings is 3. The molecule has 0 aliphatic heterocycles. The first-order valence-corrected chi connectivity index (χ1v) is 9.48. The van der Waals surface area contributed by atoms with E-state index in [1.54, 1.807) is 36.4 Å². The number of aromatic hydroxyl groups is 1. The Balaban J connectivity index is 1.78. The SMILES string of the molecule is COc1cc(/C=C/C(=O)c2cccc(O)c2)cc(Cl)c1OCc1cccc(Cl)c1.